The molecule has 70 valence electrons. The van der Waals surface area contributed by atoms with Crippen LogP contribution in [0, 0.1) is 5.41 Å². The normalized spacial score (nSPS) is 10.0. The van der Waals surface area contributed by atoms with Gasteiger partial charge in [-0.2, -0.15) is 5.10 Å². The lowest BCUT2D eigenvalue weighted by molar-refractivity contribution is 0.835. The van der Waals surface area contributed by atoms with Gasteiger partial charge in [-0.3, -0.25) is 5.41 Å². The lowest BCUT2D eigenvalue weighted by Crippen LogP contribution is -2.14. The van der Waals surface area contributed by atoms with Crippen molar-refractivity contribution in [2.75, 3.05) is 0 Å². The second-order valence-corrected chi connectivity index (χ2v) is 2.51. The van der Waals surface area contributed by atoms with Crippen molar-refractivity contribution in [3.8, 4) is 5.82 Å². The quantitative estimate of drug-likeness (QED) is 0.481. The molecule has 0 amide bonds. The molecule has 2 aromatic rings. The number of hydrogen-bond acceptors (Lipinski definition) is 5. The van der Waals surface area contributed by atoms with Crippen LogP contribution in [0.15, 0.2) is 25.0 Å². The highest BCUT2D eigenvalue weighted by atomic mass is 15.3. The molecule has 0 aliphatic rings. The Labute approximate surface area is 79.1 Å². The van der Waals surface area contributed by atoms with Crippen LogP contribution in [0.25, 0.3) is 5.82 Å². The zero-order valence-corrected chi connectivity index (χ0v) is 7.12. The Morgan fingerprint density at radius 1 is 1.36 bits per heavy atom. The fourth-order valence-corrected chi connectivity index (χ4v) is 0.905. The number of nitrogen functional groups attached to an aromatic ring is 1. The Bertz CT molecular complexity index is 430. The maximum absolute atomic E-state index is 7.12. The van der Waals surface area contributed by atoms with Crippen LogP contribution in [0.3, 0.4) is 0 Å². The largest absolute Gasteiger partial charge is 0.382 e. The molecule has 0 fully saturated rings. The van der Waals surface area contributed by atoms with Crippen LogP contribution < -0.4 is 5.73 Å². The third-order valence-corrected chi connectivity index (χ3v) is 1.57. The van der Waals surface area contributed by atoms with Crippen LogP contribution in [0.4, 0.5) is 0 Å². The van der Waals surface area contributed by atoms with Gasteiger partial charge in [0.05, 0.1) is 12.4 Å². The molecule has 2 heterocycles. The molecule has 7 heteroatoms. The molecule has 3 N–H and O–H groups in total. The second kappa shape index (κ2) is 3.21. The van der Waals surface area contributed by atoms with E-state index in [1.165, 1.54) is 29.7 Å². The summed E-state index contributed by atoms with van der Waals surface area (Å²) in [5, 5.41) is 11.0. The molecule has 2 rings (SSSR count). The smallest absolute Gasteiger partial charge is 0.173 e. The first kappa shape index (κ1) is 8.30. The highest BCUT2D eigenvalue weighted by Gasteiger charge is 2.01. The molecule has 0 atom stereocenters. The molecule has 0 aliphatic carbocycles. The maximum atomic E-state index is 7.12. The zero-order valence-electron chi connectivity index (χ0n) is 7.12. The third kappa shape index (κ3) is 1.42. The number of nitrogens with two attached hydrogens (primary N) is 1. The Morgan fingerprint density at radius 2 is 2.21 bits per heavy atom. The average Bonchev–Trinajstić information content (AvgIpc) is 2.71. The van der Waals surface area contributed by atoms with Crippen LogP contribution in [-0.2, 0) is 0 Å². The first-order valence-electron chi connectivity index (χ1n) is 3.79. The van der Waals surface area contributed by atoms with Gasteiger partial charge in [0, 0.05) is 0 Å². The summed E-state index contributed by atoms with van der Waals surface area (Å²) in [4.78, 5) is 11.7. The van der Waals surface area contributed by atoms with E-state index in [-0.39, 0.29) is 5.84 Å². The molecule has 0 bridgehead atoms. The predicted molar refractivity (Wildman–Crippen MR) is 48.0 cm³/mol. The highest BCUT2D eigenvalue weighted by molar-refractivity contribution is 5.92. The van der Waals surface area contributed by atoms with Gasteiger partial charge in [0.1, 0.15) is 24.2 Å². The summed E-state index contributed by atoms with van der Waals surface area (Å²) >= 11 is 0. The summed E-state index contributed by atoms with van der Waals surface area (Å²) in [5.74, 6) is 0.426. The number of nitrogens with zero attached hydrogens (tertiary/aromatic N) is 5. The Hall–Kier alpha value is -2.31. The van der Waals surface area contributed by atoms with E-state index < -0.39 is 0 Å². The predicted octanol–water partition coefficient (Wildman–Crippen LogP) is -0.659. The molecule has 14 heavy (non-hydrogen) atoms. The van der Waals surface area contributed by atoms with E-state index in [1.54, 1.807) is 0 Å². The van der Waals surface area contributed by atoms with Crippen molar-refractivity contribution < 1.29 is 0 Å². The molecule has 0 saturated heterocycles. The fourth-order valence-electron chi connectivity index (χ4n) is 0.905. The third-order valence-electron chi connectivity index (χ3n) is 1.57. The average molecular weight is 189 g/mol. The van der Waals surface area contributed by atoms with Crippen LogP contribution in [0.2, 0.25) is 0 Å². The van der Waals surface area contributed by atoms with E-state index in [1.807, 2.05) is 0 Å². The first-order valence-corrected chi connectivity index (χ1v) is 3.79. The molecule has 0 unspecified atom stereocenters. The summed E-state index contributed by atoms with van der Waals surface area (Å²) < 4.78 is 1.47. The standard InChI is InChI=1S/C7H7N7/c8-7(9)5-1-12-6(2-11-5)14-4-10-3-13-14/h1-4H,(H3,8,9). The topological polar surface area (TPSA) is 106 Å². The van der Waals surface area contributed by atoms with Crippen molar-refractivity contribution in [1.82, 2.24) is 24.7 Å². The number of aromatic nitrogens is 5. The van der Waals surface area contributed by atoms with Crippen molar-refractivity contribution in [1.29, 1.82) is 5.41 Å². The van der Waals surface area contributed by atoms with Crippen molar-refractivity contribution in [3.05, 3.63) is 30.7 Å². The summed E-state index contributed by atoms with van der Waals surface area (Å²) in [7, 11) is 0. The number of nitrogens with one attached hydrogen (secondary N) is 1. The number of rotatable bonds is 2. The molecule has 0 spiro atoms. The maximum Gasteiger partial charge on any atom is 0.173 e. The van der Waals surface area contributed by atoms with E-state index >= 15 is 0 Å². The number of hydrogen-bond donors (Lipinski definition) is 2. The molecular formula is C7H7N7. The van der Waals surface area contributed by atoms with Gasteiger partial charge in [0.25, 0.3) is 0 Å². The van der Waals surface area contributed by atoms with Crippen molar-refractivity contribution in [2.24, 2.45) is 5.73 Å². The summed E-state index contributed by atoms with van der Waals surface area (Å²) in [6, 6.07) is 0. The van der Waals surface area contributed by atoms with Gasteiger partial charge in [-0.25, -0.2) is 19.6 Å². The molecule has 0 radical (unpaired) electrons. The Morgan fingerprint density at radius 3 is 2.71 bits per heavy atom. The highest BCUT2D eigenvalue weighted by Crippen LogP contribution is 1.98. The summed E-state index contributed by atoms with van der Waals surface area (Å²) in [6.07, 6.45) is 5.81. The van der Waals surface area contributed by atoms with Crippen molar-refractivity contribution in [2.45, 2.75) is 0 Å². The van der Waals surface area contributed by atoms with E-state index in [4.69, 9.17) is 11.1 Å². The van der Waals surface area contributed by atoms with E-state index in [2.05, 4.69) is 20.1 Å². The van der Waals surface area contributed by atoms with Gasteiger partial charge in [-0.15, -0.1) is 0 Å². The first-order chi connectivity index (χ1) is 6.77. The Balaban J connectivity index is 2.36. The van der Waals surface area contributed by atoms with Crippen molar-refractivity contribution in [3.63, 3.8) is 0 Å². The minimum absolute atomic E-state index is 0.109. The lowest BCUT2D eigenvalue weighted by Gasteiger charge is -1.99. The minimum atomic E-state index is -0.109. The lowest BCUT2D eigenvalue weighted by atomic mass is 10.4. The molecule has 2 aromatic heterocycles. The van der Waals surface area contributed by atoms with Crippen LogP contribution in [-0.4, -0.2) is 30.6 Å². The summed E-state index contributed by atoms with van der Waals surface area (Å²) in [5.41, 5.74) is 5.57. The van der Waals surface area contributed by atoms with Crippen molar-refractivity contribution >= 4 is 5.84 Å². The number of amidine groups is 1. The van der Waals surface area contributed by atoms with Gasteiger partial charge < -0.3 is 5.73 Å². The molecular weight excluding hydrogens is 182 g/mol. The molecule has 0 saturated carbocycles. The van der Waals surface area contributed by atoms with Gasteiger partial charge in [-0.1, -0.05) is 0 Å². The van der Waals surface area contributed by atoms with Gasteiger partial charge >= 0.3 is 0 Å². The monoisotopic (exact) mass is 189 g/mol. The van der Waals surface area contributed by atoms with Crippen LogP contribution in [0.5, 0.6) is 0 Å². The molecule has 7 nitrogen and oxygen atoms in total. The van der Waals surface area contributed by atoms with Crippen LogP contribution in [0.1, 0.15) is 5.69 Å². The SMILES string of the molecule is N=C(N)c1cnc(-n2cncn2)cn1. The van der Waals surface area contributed by atoms with E-state index in [0.717, 1.165) is 0 Å². The van der Waals surface area contributed by atoms with E-state index in [9.17, 15) is 0 Å². The van der Waals surface area contributed by atoms with Gasteiger partial charge in [0.2, 0.25) is 0 Å². The Kier molecular flexibility index (Phi) is 1.90. The second-order valence-electron chi connectivity index (χ2n) is 2.51. The zero-order chi connectivity index (χ0) is 9.97. The van der Waals surface area contributed by atoms with Gasteiger partial charge in [0.15, 0.2) is 5.82 Å². The van der Waals surface area contributed by atoms with E-state index in [0.29, 0.717) is 11.5 Å². The minimum Gasteiger partial charge on any atom is -0.382 e. The summed E-state index contributed by atoms with van der Waals surface area (Å²) in [6.45, 7) is 0. The fraction of sp³-hybridized carbons (Fsp3) is 0. The van der Waals surface area contributed by atoms with Crippen LogP contribution >= 0.6 is 0 Å². The van der Waals surface area contributed by atoms with Gasteiger partial charge in [-0.05, 0) is 0 Å². The molecule has 0 aromatic carbocycles. The molecule has 0 aliphatic heterocycles.